The first-order valence-corrected chi connectivity index (χ1v) is 9.95. The first-order valence-electron chi connectivity index (χ1n) is 7.85. The van der Waals surface area contributed by atoms with Crippen molar-refractivity contribution in [2.45, 2.75) is 13.2 Å². The van der Waals surface area contributed by atoms with Crippen LogP contribution in [-0.4, -0.2) is 40.5 Å². The maximum atomic E-state index is 5.57. The van der Waals surface area contributed by atoms with E-state index < -0.39 is 0 Å². The number of thiophene rings is 1. The van der Waals surface area contributed by atoms with Crippen LogP contribution in [0.3, 0.4) is 0 Å². The summed E-state index contributed by atoms with van der Waals surface area (Å²) in [5.74, 6) is 0. The molecule has 0 bridgehead atoms. The topological polar surface area (TPSA) is 11.4 Å². The van der Waals surface area contributed by atoms with E-state index in [0.29, 0.717) is 0 Å². The molecule has 0 spiro atoms. The zero-order valence-corrected chi connectivity index (χ0v) is 15.3. The summed E-state index contributed by atoms with van der Waals surface area (Å²) in [4.78, 5) is 6.53. The molecular formula is C17H19N3S3. The minimum absolute atomic E-state index is 0.912. The lowest BCUT2D eigenvalue weighted by Crippen LogP contribution is -2.46. The van der Waals surface area contributed by atoms with E-state index in [1.54, 1.807) is 11.3 Å². The molecule has 23 heavy (non-hydrogen) atoms. The Labute approximate surface area is 149 Å². The van der Waals surface area contributed by atoms with Gasteiger partial charge in [0.05, 0.1) is 16.9 Å². The van der Waals surface area contributed by atoms with Gasteiger partial charge in [-0.25, -0.2) is 0 Å². The summed E-state index contributed by atoms with van der Waals surface area (Å²) in [5.41, 5.74) is 1.27. The Bertz CT molecular complexity index is 826. The van der Waals surface area contributed by atoms with Gasteiger partial charge in [0.15, 0.2) is 3.95 Å². The summed E-state index contributed by atoms with van der Waals surface area (Å²) < 4.78 is 4.55. The molecule has 0 atom stereocenters. The molecule has 3 heterocycles. The van der Waals surface area contributed by atoms with E-state index in [0.717, 1.165) is 43.3 Å². The van der Waals surface area contributed by atoms with E-state index in [4.69, 9.17) is 12.2 Å². The van der Waals surface area contributed by atoms with Crippen molar-refractivity contribution in [3.8, 4) is 0 Å². The molecule has 0 aliphatic carbocycles. The SMILES string of the molecule is S=c1sc2ccccc2n1CN1CCN(Cc2cccs2)CC1. The third-order valence-corrected chi connectivity index (χ3v) is 6.63. The molecule has 6 heteroatoms. The number of para-hydroxylation sites is 1. The minimum Gasteiger partial charge on any atom is -0.309 e. The molecule has 0 radical (unpaired) electrons. The fraction of sp³-hybridized carbons (Fsp3) is 0.353. The van der Waals surface area contributed by atoms with E-state index in [2.05, 4.69) is 56.1 Å². The molecule has 1 fully saturated rings. The molecule has 1 saturated heterocycles. The molecule has 3 aromatic rings. The molecule has 1 aromatic carbocycles. The van der Waals surface area contributed by atoms with Crippen LogP contribution in [0.15, 0.2) is 41.8 Å². The Morgan fingerprint density at radius 3 is 2.52 bits per heavy atom. The molecular weight excluding hydrogens is 342 g/mol. The average molecular weight is 362 g/mol. The van der Waals surface area contributed by atoms with Crippen LogP contribution in [0.5, 0.6) is 0 Å². The lowest BCUT2D eigenvalue weighted by Gasteiger charge is -2.34. The van der Waals surface area contributed by atoms with Crippen LogP contribution in [0.4, 0.5) is 0 Å². The summed E-state index contributed by atoms with van der Waals surface area (Å²) in [6.07, 6.45) is 0. The summed E-state index contributed by atoms with van der Waals surface area (Å²) in [7, 11) is 0. The standard InChI is InChI=1S/C17H19N3S3/c21-17-20(15-5-1-2-6-16(15)23-17)13-19-9-7-18(8-10-19)12-14-4-3-11-22-14/h1-6,11H,7-10,12-13H2. The van der Waals surface area contributed by atoms with Gasteiger partial charge in [-0.1, -0.05) is 18.2 Å². The predicted molar refractivity (Wildman–Crippen MR) is 102 cm³/mol. The van der Waals surface area contributed by atoms with Crippen LogP contribution in [0.25, 0.3) is 10.2 Å². The van der Waals surface area contributed by atoms with Crippen LogP contribution in [0, 0.1) is 3.95 Å². The van der Waals surface area contributed by atoms with Crippen molar-refractivity contribution in [3.05, 3.63) is 50.6 Å². The first-order chi connectivity index (χ1) is 11.3. The summed E-state index contributed by atoms with van der Waals surface area (Å²) in [6, 6.07) is 12.9. The minimum atomic E-state index is 0.912. The molecule has 2 aromatic heterocycles. The molecule has 1 aliphatic heterocycles. The molecule has 1 aliphatic rings. The summed E-state index contributed by atoms with van der Waals surface area (Å²) in [6.45, 7) is 6.48. The maximum Gasteiger partial charge on any atom is 0.163 e. The van der Waals surface area contributed by atoms with Crippen LogP contribution in [0.2, 0.25) is 0 Å². The zero-order valence-electron chi connectivity index (χ0n) is 12.9. The number of aromatic nitrogens is 1. The monoisotopic (exact) mass is 361 g/mol. The highest BCUT2D eigenvalue weighted by molar-refractivity contribution is 7.73. The summed E-state index contributed by atoms with van der Waals surface area (Å²) >= 11 is 9.13. The summed E-state index contributed by atoms with van der Waals surface area (Å²) in [5, 5.41) is 2.16. The van der Waals surface area contributed by atoms with E-state index in [1.807, 2.05) is 11.3 Å². The molecule has 0 unspecified atom stereocenters. The molecule has 0 amide bonds. The van der Waals surface area contributed by atoms with Gasteiger partial charge < -0.3 is 4.57 Å². The molecule has 0 N–H and O–H groups in total. The second kappa shape index (κ2) is 6.83. The second-order valence-electron chi connectivity index (χ2n) is 5.88. The Hall–Kier alpha value is -1.05. The Kier molecular flexibility index (Phi) is 4.59. The normalized spacial score (nSPS) is 17.0. The second-order valence-corrected chi connectivity index (χ2v) is 8.59. The van der Waals surface area contributed by atoms with Gasteiger partial charge in [0.2, 0.25) is 0 Å². The van der Waals surface area contributed by atoms with Crippen LogP contribution < -0.4 is 0 Å². The van der Waals surface area contributed by atoms with Gasteiger partial charge in [0.25, 0.3) is 0 Å². The molecule has 3 nitrogen and oxygen atoms in total. The van der Waals surface area contributed by atoms with Gasteiger partial charge in [0.1, 0.15) is 0 Å². The van der Waals surface area contributed by atoms with Crippen molar-refractivity contribution >= 4 is 45.1 Å². The van der Waals surface area contributed by atoms with Gasteiger partial charge in [-0.05, 0) is 35.8 Å². The Morgan fingerprint density at radius 2 is 1.74 bits per heavy atom. The van der Waals surface area contributed by atoms with Crippen molar-refractivity contribution in [3.63, 3.8) is 0 Å². The van der Waals surface area contributed by atoms with Crippen molar-refractivity contribution in [2.75, 3.05) is 26.2 Å². The van der Waals surface area contributed by atoms with Gasteiger partial charge in [-0.15, -0.1) is 22.7 Å². The molecule has 120 valence electrons. The van der Waals surface area contributed by atoms with E-state index in [9.17, 15) is 0 Å². The number of hydrogen-bond acceptors (Lipinski definition) is 5. The zero-order chi connectivity index (χ0) is 15.6. The smallest absolute Gasteiger partial charge is 0.163 e. The number of piperazine rings is 1. The third-order valence-electron chi connectivity index (χ3n) is 4.34. The van der Waals surface area contributed by atoms with Gasteiger partial charge in [0, 0.05) is 37.6 Å². The van der Waals surface area contributed by atoms with Gasteiger partial charge >= 0.3 is 0 Å². The van der Waals surface area contributed by atoms with Crippen LogP contribution >= 0.6 is 34.9 Å². The van der Waals surface area contributed by atoms with Gasteiger partial charge in [-0.3, -0.25) is 9.80 Å². The van der Waals surface area contributed by atoms with E-state index in [-0.39, 0.29) is 0 Å². The van der Waals surface area contributed by atoms with Crippen molar-refractivity contribution in [1.29, 1.82) is 0 Å². The van der Waals surface area contributed by atoms with Crippen molar-refractivity contribution in [1.82, 2.24) is 14.4 Å². The number of rotatable bonds is 4. The lowest BCUT2D eigenvalue weighted by molar-refractivity contribution is 0.105. The van der Waals surface area contributed by atoms with E-state index >= 15 is 0 Å². The number of fused-ring (bicyclic) bond motifs is 1. The number of benzene rings is 1. The number of hydrogen-bond donors (Lipinski definition) is 0. The fourth-order valence-electron chi connectivity index (χ4n) is 3.06. The number of thiazole rings is 1. The van der Waals surface area contributed by atoms with Crippen molar-refractivity contribution < 1.29 is 0 Å². The largest absolute Gasteiger partial charge is 0.309 e. The highest BCUT2D eigenvalue weighted by atomic mass is 32.1. The van der Waals surface area contributed by atoms with Crippen LogP contribution in [0.1, 0.15) is 4.88 Å². The number of nitrogens with zero attached hydrogens (tertiary/aromatic N) is 3. The van der Waals surface area contributed by atoms with Crippen molar-refractivity contribution in [2.24, 2.45) is 0 Å². The van der Waals surface area contributed by atoms with Gasteiger partial charge in [-0.2, -0.15) is 0 Å². The molecule has 0 saturated carbocycles. The Morgan fingerprint density at radius 1 is 0.957 bits per heavy atom. The predicted octanol–water partition coefficient (Wildman–Crippen LogP) is 4.27. The van der Waals surface area contributed by atoms with Crippen LogP contribution in [-0.2, 0) is 13.2 Å². The average Bonchev–Trinajstić information content (AvgIpc) is 3.18. The fourth-order valence-corrected chi connectivity index (χ4v) is 5.12. The first kappa shape index (κ1) is 15.5. The maximum absolute atomic E-state index is 5.57. The highest BCUT2D eigenvalue weighted by Gasteiger charge is 2.18. The Balaban J connectivity index is 1.41. The van der Waals surface area contributed by atoms with E-state index in [1.165, 1.54) is 15.1 Å². The quantitative estimate of drug-likeness (QED) is 0.644. The third kappa shape index (κ3) is 3.41. The molecule has 4 rings (SSSR count). The highest BCUT2D eigenvalue weighted by Crippen LogP contribution is 2.23. The lowest BCUT2D eigenvalue weighted by atomic mass is 10.3.